The fourth-order valence-corrected chi connectivity index (χ4v) is 6.38. The number of methoxy groups -OCH3 is 1. The van der Waals surface area contributed by atoms with E-state index >= 15 is 0 Å². The highest BCUT2D eigenvalue weighted by molar-refractivity contribution is 6.74. The minimum Gasteiger partial charge on any atom is -0.497 e. The van der Waals surface area contributed by atoms with E-state index in [0.29, 0.717) is 19.6 Å². The van der Waals surface area contributed by atoms with Crippen LogP contribution in [0, 0.1) is 17.8 Å². The van der Waals surface area contributed by atoms with E-state index in [-0.39, 0.29) is 35.4 Å². The highest BCUT2D eigenvalue weighted by Gasteiger charge is 2.43. The van der Waals surface area contributed by atoms with Gasteiger partial charge in [-0.15, -0.1) is 0 Å². The Morgan fingerprint density at radius 3 is 2.26 bits per heavy atom. The lowest BCUT2D eigenvalue weighted by Crippen LogP contribution is -2.47. The third kappa shape index (κ3) is 8.91. The molecule has 42 heavy (non-hydrogen) atoms. The molecule has 0 radical (unpaired) electrons. The first kappa shape index (κ1) is 33.8. The van der Waals surface area contributed by atoms with Crippen LogP contribution in [0.25, 0.3) is 0 Å². The number of ether oxygens (including phenoxy) is 3. The number of benzene rings is 2. The molecule has 1 heterocycles. The summed E-state index contributed by atoms with van der Waals surface area (Å²) in [5.74, 6) is 0.308. The number of amides is 2. The molecule has 0 aromatic heterocycles. The predicted octanol–water partition coefficient (Wildman–Crippen LogP) is 7.49. The molecule has 0 aliphatic carbocycles. The number of hydrogen-bond donors (Lipinski definition) is 0. The molecule has 1 fully saturated rings. The molecule has 232 valence electrons. The second-order valence-corrected chi connectivity index (χ2v) is 18.2. The van der Waals surface area contributed by atoms with Gasteiger partial charge in [-0.25, -0.2) is 9.69 Å². The van der Waals surface area contributed by atoms with Gasteiger partial charge >= 0.3 is 6.09 Å². The predicted molar refractivity (Wildman–Crippen MR) is 169 cm³/mol. The van der Waals surface area contributed by atoms with Crippen LogP contribution in [0.4, 0.5) is 4.79 Å². The monoisotopic (exact) mass is 597 g/mol. The second kappa shape index (κ2) is 14.7. The number of hydrogen-bond acceptors (Lipinski definition) is 6. The standard InChI is InChI=1S/C34H51NO6Si/c1-24(21-41-42(8,9)34(4,5)6)19-25(2)31(39-22-28-15-17-30(38-7)18-16-28)26(3)32(36)35-29(23-40-33(35)37)20-27-13-11-10-12-14-27/h10-18,24-26,29,31H,19-23H2,1-9H3/t24-,25+,26-,29-,31+/m1/s1. The van der Waals surface area contributed by atoms with Gasteiger partial charge in [0.05, 0.1) is 31.8 Å². The van der Waals surface area contributed by atoms with Crippen LogP contribution in [0.3, 0.4) is 0 Å². The lowest BCUT2D eigenvalue weighted by molar-refractivity contribution is -0.141. The van der Waals surface area contributed by atoms with Crippen molar-refractivity contribution in [1.29, 1.82) is 0 Å². The van der Waals surface area contributed by atoms with Crippen LogP contribution in [0.2, 0.25) is 18.1 Å². The van der Waals surface area contributed by atoms with Gasteiger partial charge in [-0.3, -0.25) is 4.79 Å². The van der Waals surface area contributed by atoms with Crippen molar-refractivity contribution < 1.29 is 28.2 Å². The molecule has 1 saturated heterocycles. The molecule has 1 aliphatic rings. The smallest absolute Gasteiger partial charge is 0.416 e. The number of carbonyl (C=O) groups excluding carboxylic acids is 2. The Kier molecular flexibility index (Phi) is 11.8. The molecule has 8 heteroatoms. The van der Waals surface area contributed by atoms with Crippen LogP contribution in [0.15, 0.2) is 54.6 Å². The lowest BCUT2D eigenvalue weighted by atomic mass is 9.86. The Bertz CT molecular complexity index is 1150. The zero-order valence-corrected chi connectivity index (χ0v) is 28.0. The van der Waals surface area contributed by atoms with Crippen LogP contribution in [-0.4, -0.2) is 57.7 Å². The molecule has 0 unspecified atom stereocenters. The normalized spacial score (nSPS) is 18.7. The van der Waals surface area contributed by atoms with Crippen LogP contribution < -0.4 is 4.74 Å². The molecule has 0 spiro atoms. The van der Waals surface area contributed by atoms with Crippen molar-refractivity contribution in [3.8, 4) is 5.75 Å². The summed E-state index contributed by atoms with van der Waals surface area (Å²) in [4.78, 5) is 28.1. The van der Waals surface area contributed by atoms with Crippen molar-refractivity contribution in [2.75, 3.05) is 20.3 Å². The second-order valence-electron chi connectivity index (χ2n) is 13.4. The summed E-state index contributed by atoms with van der Waals surface area (Å²) >= 11 is 0. The van der Waals surface area contributed by atoms with Gasteiger partial charge in [-0.2, -0.15) is 0 Å². The molecule has 0 bridgehead atoms. The van der Waals surface area contributed by atoms with Gasteiger partial charge in [0.25, 0.3) is 0 Å². The van der Waals surface area contributed by atoms with E-state index in [0.717, 1.165) is 23.3 Å². The largest absolute Gasteiger partial charge is 0.497 e. The summed E-state index contributed by atoms with van der Waals surface area (Å²) in [5.41, 5.74) is 2.05. The Labute approximate surface area is 254 Å². The van der Waals surface area contributed by atoms with Crippen LogP contribution in [0.1, 0.15) is 59.1 Å². The number of nitrogens with zero attached hydrogens (tertiary/aromatic N) is 1. The van der Waals surface area contributed by atoms with Gasteiger partial charge in [0.1, 0.15) is 12.4 Å². The van der Waals surface area contributed by atoms with Gasteiger partial charge in [-0.05, 0) is 66.1 Å². The number of imide groups is 1. The molecule has 2 amide bonds. The summed E-state index contributed by atoms with van der Waals surface area (Å²) in [7, 11) is -0.232. The van der Waals surface area contributed by atoms with Crippen molar-refractivity contribution in [2.45, 2.75) is 91.3 Å². The molecule has 0 saturated carbocycles. The van der Waals surface area contributed by atoms with E-state index in [9.17, 15) is 9.59 Å². The first-order valence-corrected chi connectivity index (χ1v) is 18.1. The molecular weight excluding hydrogens is 546 g/mol. The molecule has 3 rings (SSSR count). The SMILES string of the molecule is COc1ccc(CO[C@@H]([C@@H](C)C[C@@H](C)CO[Si](C)(C)C(C)(C)C)[C@@H](C)C(=O)N2C(=O)OC[C@H]2Cc2ccccc2)cc1. The van der Waals surface area contributed by atoms with Gasteiger partial charge in [0, 0.05) is 6.61 Å². The Hall–Kier alpha value is -2.68. The van der Waals surface area contributed by atoms with E-state index in [2.05, 4.69) is 47.7 Å². The van der Waals surface area contributed by atoms with Gasteiger partial charge in [0.15, 0.2) is 8.32 Å². The fraction of sp³-hybridized carbons (Fsp3) is 0.588. The van der Waals surface area contributed by atoms with Crippen LogP contribution in [-0.2, 0) is 31.7 Å². The van der Waals surface area contributed by atoms with Crippen molar-refractivity contribution in [1.82, 2.24) is 4.90 Å². The van der Waals surface area contributed by atoms with E-state index < -0.39 is 26.4 Å². The molecule has 2 aromatic carbocycles. The summed E-state index contributed by atoms with van der Waals surface area (Å²) in [6.45, 7) is 18.7. The molecule has 0 N–H and O–H groups in total. The maximum absolute atomic E-state index is 14.0. The van der Waals surface area contributed by atoms with Gasteiger partial charge in [-0.1, -0.05) is 84.0 Å². The average Bonchev–Trinajstić information content (AvgIpc) is 3.31. The zero-order chi connectivity index (χ0) is 31.1. The highest BCUT2D eigenvalue weighted by Crippen LogP contribution is 2.37. The molecule has 1 aliphatic heterocycles. The third-order valence-corrected chi connectivity index (χ3v) is 13.4. The van der Waals surface area contributed by atoms with Crippen molar-refractivity contribution in [3.63, 3.8) is 0 Å². The Balaban J connectivity index is 1.76. The topological polar surface area (TPSA) is 74.3 Å². The summed E-state index contributed by atoms with van der Waals surface area (Å²) in [6, 6.07) is 17.3. The quantitative estimate of drug-likeness (QED) is 0.210. The summed E-state index contributed by atoms with van der Waals surface area (Å²) in [5, 5.41) is 0.143. The number of carbonyl (C=O) groups is 2. The maximum atomic E-state index is 14.0. The van der Waals surface area contributed by atoms with Crippen molar-refractivity contribution in [2.24, 2.45) is 17.8 Å². The minimum atomic E-state index is -1.87. The minimum absolute atomic E-state index is 0.0476. The Morgan fingerprint density at radius 1 is 1.02 bits per heavy atom. The van der Waals surface area contributed by atoms with Crippen molar-refractivity contribution >= 4 is 20.3 Å². The fourth-order valence-electron chi connectivity index (χ4n) is 5.25. The van der Waals surface area contributed by atoms with Gasteiger partial charge in [0.2, 0.25) is 5.91 Å². The lowest BCUT2D eigenvalue weighted by Gasteiger charge is -2.37. The van der Waals surface area contributed by atoms with Gasteiger partial charge < -0.3 is 18.6 Å². The summed E-state index contributed by atoms with van der Waals surface area (Å²) < 4.78 is 23.7. The highest BCUT2D eigenvalue weighted by atomic mass is 28.4. The number of cyclic esters (lactones) is 1. The van der Waals surface area contributed by atoms with Crippen LogP contribution >= 0.6 is 0 Å². The molecule has 2 aromatic rings. The van der Waals surface area contributed by atoms with E-state index in [1.54, 1.807) is 7.11 Å². The number of rotatable bonds is 14. The summed E-state index contributed by atoms with van der Waals surface area (Å²) in [6.07, 6.45) is 0.406. The molecular formula is C34H51NO6Si. The first-order chi connectivity index (χ1) is 19.7. The van der Waals surface area contributed by atoms with E-state index in [4.69, 9.17) is 18.6 Å². The van der Waals surface area contributed by atoms with E-state index in [1.807, 2.05) is 61.5 Å². The first-order valence-electron chi connectivity index (χ1n) is 15.2. The van der Waals surface area contributed by atoms with Crippen molar-refractivity contribution in [3.05, 3.63) is 65.7 Å². The third-order valence-electron chi connectivity index (χ3n) is 8.87. The molecule has 5 atom stereocenters. The van der Waals surface area contributed by atoms with E-state index in [1.165, 1.54) is 4.90 Å². The molecule has 7 nitrogen and oxygen atoms in total. The average molecular weight is 598 g/mol. The zero-order valence-electron chi connectivity index (χ0n) is 27.0. The Morgan fingerprint density at radius 2 is 1.67 bits per heavy atom. The maximum Gasteiger partial charge on any atom is 0.416 e. The van der Waals surface area contributed by atoms with Crippen LogP contribution in [0.5, 0.6) is 5.75 Å².